The number of amides is 1. The number of carbonyl (C=O) groups excluding carboxylic acids is 1. The molecular formula is C25H27N5O2. The van der Waals surface area contributed by atoms with E-state index in [9.17, 15) is 4.79 Å². The second-order valence-electron chi connectivity index (χ2n) is 7.75. The van der Waals surface area contributed by atoms with Gasteiger partial charge in [-0.2, -0.15) is 5.10 Å². The Morgan fingerprint density at radius 2 is 1.91 bits per heavy atom. The lowest BCUT2D eigenvalue weighted by atomic mass is 10.0. The molecule has 0 saturated carbocycles. The van der Waals surface area contributed by atoms with Gasteiger partial charge in [-0.3, -0.25) is 4.79 Å². The van der Waals surface area contributed by atoms with Crippen molar-refractivity contribution in [2.75, 3.05) is 7.11 Å². The molecule has 0 spiro atoms. The minimum absolute atomic E-state index is 0.0976. The average Bonchev–Trinajstić information content (AvgIpc) is 3.36. The number of carbonyl (C=O) groups is 1. The number of methoxy groups -OCH3 is 1. The monoisotopic (exact) mass is 429 g/mol. The number of nitrogens with zero attached hydrogens (tertiary/aromatic N) is 4. The van der Waals surface area contributed by atoms with Crippen molar-refractivity contribution in [1.82, 2.24) is 24.6 Å². The Kier molecular flexibility index (Phi) is 6.07. The van der Waals surface area contributed by atoms with E-state index in [1.54, 1.807) is 13.3 Å². The summed E-state index contributed by atoms with van der Waals surface area (Å²) in [5.41, 5.74) is 4.60. The molecule has 2 aromatic heterocycles. The quantitative estimate of drug-likeness (QED) is 0.486. The molecular weight excluding hydrogens is 402 g/mol. The molecule has 1 atom stereocenters. The van der Waals surface area contributed by atoms with Gasteiger partial charge in [0.1, 0.15) is 17.6 Å². The zero-order valence-corrected chi connectivity index (χ0v) is 18.7. The third kappa shape index (κ3) is 4.27. The third-order valence-corrected chi connectivity index (χ3v) is 5.63. The minimum Gasteiger partial charge on any atom is -0.497 e. The fourth-order valence-corrected chi connectivity index (χ4v) is 3.90. The first kappa shape index (κ1) is 21.4. The molecule has 0 bridgehead atoms. The van der Waals surface area contributed by atoms with Crippen LogP contribution in [0.3, 0.4) is 0 Å². The summed E-state index contributed by atoms with van der Waals surface area (Å²) in [6, 6.07) is 17.2. The van der Waals surface area contributed by atoms with Gasteiger partial charge in [-0.15, -0.1) is 0 Å². The van der Waals surface area contributed by atoms with Crippen molar-refractivity contribution >= 4 is 5.91 Å². The zero-order valence-electron chi connectivity index (χ0n) is 18.7. The molecule has 1 amide bonds. The highest BCUT2D eigenvalue weighted by Crippen LogP contribution is 2.25. The molecule has 2 heterocycles. The van der Waals surface area contributed by atoms with Gasteiger partial charge in [-0.05, 0) is 43.7 Å². The zero-order chi connectivity index (χ0) is 22.7. The Labute approximate surface area is 187 Å². The van der Waals surface area contributed by atoms with Crippen molar-refractivity contribution in [3.63, 3.8) is 0 Å². The van der Waals surface area contributed by atoms with Crippen molar-refractivity contribution < 1.29 is 9.53 Å². The number of aromatic nitrogens is 4. The van der Waals surface area contributed by atoms with Crippen molar-refractivity contribution in [3.8, 4) is 11.4 Å². The van der Waals surface area contributed by atoms with Crippen LogP contribution >= 0.6 is 0 Å². The molecule has 4 rings (SSSR count). The predicted molar refractivity (Wildman–Crippen MR) is 123 cm³/mol. The average molecular weight is 430 g/mol. The molecule has 7 heteroatoms. The summed E-state index contributed by atoms with van der Waals surface area (Å²) in [7, 11) is 3.54. The first-order valence-corrected chi connectivity index (χ1v) is 10.5. The number of para-hydroxylation sites is 1. The Bertz CT molecular complexity index is 1230. The smallest absolute Gasteiger partial charge is 0.225 e. The number of hydrogen-bond donors (Lipinski definition) is 1. The Morgan fingerprint density at radius 3 is 2.59 bits per heavy atom. The van der Waals surface area contributed by atoms with Gasteiger partial charge in [0.2, 0.25) is 5.91 Å². The van der Waals surface area contributed by atoms with Gasteiger partial charge in [-0.1, -0.05) is 30.3 Å². The molecule has 7 nitrogen and oxygen atoms in total. The van der Waals surface area contributed by atoms with E-state index in [1.807, 2.05) is 90.9 Å². The van der Waals surface area contributed by atoms with Crippen LogP contribution in [0.4, 0.5) is 0 Å². The molecule has 32 heavy (non-hydrogen) atoms. The topological polar surface area (TPSA) is 74.0 Å². The van der Waals surface area contributed by atoms with Crippen molar-refractivity contribution in [1.29, 1.82) is 0 Å². The van der Waals surface area contributed by atoms with Crippen molar-refractivity contribution in [2.45, 2.75) is 26.3 Å². The number of aryl methyl sites for hydroxylation is 2. The molecule has 1 unspecified atom stereocenters. The molecule has 1 N–H and O–H groups in total. The van der Waals surface area contributed by atoms with Crippen LogP contribution in [0.1, 0.15) is 34.4 Å². The van der Waals surface area contributed by atoms with E-state index >= 15 is 0 Å². The van der Waals surface area contributed by atoms with Crippen LogP contribution in [-0.4, -0.2) is 32.3 Å². The second kappa shape index (κ2) is 9.09. The maximum Gasteiger partial charge on any atom is 0.225 e. The standard InChI is InChI=1S/C25H27N5O2/c1-17-22(18(2)30(28-17)20-10-6-5-7-11-20)16-23(31)27-24(25-26-13-14-29(25)3)19-9-8-12-21(15-19)32-4/h5-15,24H,16H2,1-4H3,(H,27,31). The van der Waals surface area contributed by atoms with Gasteiger partial charge >= 0.3 is 0 Å². The van der Waals surface area contributed by atoms with E-state index in [0.717, 1.165) is 39.8 Å². The van der Waals surface area contributed by atoms with Gasteiger partial charge in [0, 0.05) is 30.7 Å². The van der Waals surface area contributed by atoms with Gasteiger partial charge in [0.05, 0.1) is 24.9 Å². The summed E-state index contributed by atoms with van der Waals surface area (Å²) < 4.78 is 9.17. The first-order chi connectivity index (χ1) is 15.5. The first-order valence-electron chi connectivity index (χ1n) is 10.5. The molecule has 164 valence electrons. The fraction of sp³-hybridized carbons (Fsp3) is 0.240. The molecule has 0 aliphatic heterocycles. The van der Waals surface area contributed by atoms with Crippen LogP contribution in [0.5, 0.6) is 5.75 Å². The maximum absolute atomic E-state index is 13.2. The summed E-state index contributed by atoms with van der Waals surface area (Å²) in [6.07, 6.45) is 3.83. The highest BCUT2D eigenvalue weighted by atomic mass is 16.5. The van der Waals surface area contributed by atoms with Gasteiger partial charge in [-0.25, -0.2) is 9.67 Å². The Hall–Kier alpha value is -3.87. The molecule has 0 aliphatic carbocycles. The number of hydrogen-bond acceptors (Lipinski definition) is 4. The van der Waals surface area contributed by atoms with E-state index in [4.69, 9.17) is 4.74 Å². The number of rotatable bonds is 7. The molecule has 0 saturated heterocycles. The van der Waals surface area contributed by atoms with Crippen LogP contribution in [0, 0.1) is 13.8 Å². The molecule has 2 aromatic carbocycles. The van der Waals surface area contributed by atoms with Crippen LogP contribution in [-0.2, 0) is 18.3 Å². The van der Waals surface area contributed by atoms with Gasteiger partial charge in [0.25, 0.3) is 0 Å². The summed E-state index contributed by atoms with van der Waals surface area (Å²) in [4.78, 5) is 17.7. The number of ether oxygens (including phenoxy) is 1. The summed E-state index contributed by atoms with van der Waals surface area (Å²) in [5.74, 6) is 1.38. The lowest BCUT2D eigenvalue weighted by Gasteiger charge is -2.20. The number of imidazole rings is 1. The van der Waals surface area contributed by atoms with E-state index in [-0.39, 0.29) is 12.3 Å². The van der Waals surface area contributed by atoms with Crippen LogP contribution < -0.4 is 10.1 Å². The van der Waals surface area contributed by atoms with Crippen LogP contribution in [0.25, 0.3) is 5.69 Å². The highest BCUT2D eigenvalue weighted by Gasteiger charge is 2.23. The predicted octanol–water partition coefficient (Wildman–Crippen LogP) is 3.68. The Morgan fingerprint density at radius 1 is 1.12 bits per heavy atom. The fourth-order valence-electron chi connectivity index (χ4n) is 3.90. The van der Waals surface area contributed by atoms with E-state index in [2.05, 4.69) is 15.4 Å². The maximum atomic E-state index is 13.2. The summed E-state index contributed by atoms with van der Waals surface area (Å²) in [6.45, 7) is 3.93. The highest BCUT2D eigenvalue weighted by molar-refractivity contribution is 5.80. The second-order valence-corrected chi connectivity index (χ2v) is 7.75. The number of nitrogens with one attached hydrogen (secondary N) is 1. The third-order valence-electron chi connectivity index (χ3n) is 5.63. The molecule has 4 aromatic rings. The largest absolute Gasteiger partial charge is 0.497 e. The number of benzene rings is 2. The SMILES string of the molecule is COc1cccc(C(NC(=O)Cc2c(C)nn(-c3ccccc3)c2C)c2nccn2C)c1. The van der Waals surface area contributed by atoms with Crippen LogP contribution in [0.15, 0.2) is 67.0 Å². The minimum atomic E-state index is -0.401. The Balaban J connectivity index is 1.61. The van der Waals surface area contributed by atoms with E-state index in [0.29, 0.717) is 0 Å². The summed E-state index contributed by atoms with van der Waals surface area (Å²) >= 11 is 0. The lowest BCUT2D eigenvalue weighted by molar-refractivity contribution is -0.121. The molecule has 0 fully saturated rings. The van der Waals surface area contributed by atoms with Crippen molar-refractivity contribution in [3.05, 3.63) is 95.3 Å². The van der Waals surface area contributed by atoms with E-state index in [1.165, 1.54) is 0 Å². The van der Waals surface area contributed by atoms with Crippen molar-refractivity contribution in [2.24, 2.45) is 7.05 Å². The summed E-state index contributed by atoms with van der Waals surface area (Å²) in [5, 5.41) is 7.83. The normalized spacial score (nSPS) is 11.9. The van der Waals surface area contributed by atoms with E-state index < -0.39 is 6.04 Å². The molecule has 0 radical (unpaired) electrons. The van der Waals surface area contributed by atoms with Crippen LogP contribution in [0.2, 0.25) is 0 Å². The van der Waals surface area contributed by atoms with Gasteiger partial charge in [0.15, 0.2) is 0 Å². The van der Waals surface area contributed by atoms with Gasteiger partial charge < -0.3 is 14.6 Å². The lowest BCUT2D eigenvalue weighted by Crippen LogP contribution is -2.32. The molecule has 0 aliphatic rings.